The lowest BCUT2D eigenvalue weighted by atomic mass is 9.91. The van der Waals surface area contributed by atoms with Crippen LogP contribution in [0.2, 0.25) is 0 Å². The van der Waals surface area contributed by atoms with Gasteiger partial charge < -0.3 is 5.11 Å². The summed E-state index contributed by atoms with van der Waals surface area (Å²) >= 11 is 2.04. The van der Waals surface area contributed by atoms with Crippen molar-refractivity contribution < 1.29 is 5.11 Å². The molecule has 0 saturated carbocycles. The molecule has 0 aromatic rings. The highest BCUT2D eigenvalue weighted by molar-refractivity contribution is 8.00. The van der Waals surface area contributed by atoms with Crippen molar-refractivity contribution >= 4 is 11.8 Å². The molecule has 1 atom stereocenters. The summed E-state index contributed by atoms with van der Waals surface area (Å²) in [5.74, 6) is 1.50. The number of thioether (sulfide) groups is 1. The minimum absolute atomic E-state index is 0.315. The summed E-state index contributed by atoms with van der Waals surface area (Å²) in [6.45, 7) is 13.7. The van der Waals surface area contributed by atoms with Gasteiger partial charge in [0, 0.05) is 30.1 Å². The van der Waals surface area contributed by atoms with Crippen molar-refractivity contribution in [1.29, 1.82) is 0 Å². The molecule has 0 amide bonds. The number of hydrogen-bond donors (Lipinski definition) is 1. The van der Waals surface area contributed by atoms with Crippen LogP contribution in [0.3, 0.4) is 0 Å². The van der Waals surface area contributed by atoms with Gasteiger partial charge in [-0.15, -0.1) is 0 Å². The van der Waals surface area contributed by atoms with E-state index < -0.39 is 5.60 Å². The molecule has 1 rings (SSSR count). The predicted octanol–water partition coefficient (Wildman–Crippen LogP) is 2.22. The molecule has 1 aliphatic rings. The number of hydrogen-bond acceptors (Lipinski definition) is 3. The second-order valence-corrected chi connectivity index (χ2v) is 7.63. The molecule has 90 valence electrons. The summed E-state index contributed by atoms with van der Waals surface area (Å²) in [6.07, 6.45) is 0. The molecule has 15 heavy (non-hydrogen) atoms. The van der Waals surface area contributed by atoms with Gasteiger partial charge in [-0.1, -0.05) is 13.8 Å². The molecule has 1 unspecified atom stereocenters. The maximum absolute atomic E-state index is 10.3. The average Bonchev–Trinajstić information content (AvgIpc) is 2.00. The lowest BCUT2D eigenvalue weighted by Gasteiger charge is -2.41. The Bertz CT molecular complexity index is 214. The monoisotopic (exact) mass is 231 g/mol. The second-order valence-electron chi connectivity index (χ2n) is 5.83. The van der Waals surface area contributed by atoms with Crippen LogP contribution in [0.5, 0.6) is 0 Å². The van der Waals surface area contributed by atoms with E-state index in [2.05, 4.69) is 32.6 Å². The third-order valence-corrected chi connectivity index (χ3v) is 4.59. The molecular weight excluding hydrogens is 206 g/mol. The maximum atomic E-state index is 10.3. The highest BCUT2D eigenvalue weighted by atomic mass is 32.2. The molecule has 1 fully saturated rings. The largest absolute Gasteiger partial charge is 0.389 e. The third kappa shape index (κ3) is 3.97. The maximum Gasteiger partial charge on any atom is 0.0768 e. The first kappa shape index (κ1) is 13.3. The van der Waals surface area contributed by atoms with E-state index in [0.29, 0.717) is 10.7 Å². The van der Waals surface area contributed by atoms with Crippen molar-refractivity contribution in [2.45, 2.75) is 45.0 Å². The summed E-state index contributed by atoms with van der Waals surface area (Å²) in [6, 6.07) is 0. The molecule has 0 aromatic heterocycles. The number of β-amino-alcohol motifs (C(OH)–C–C–N with tert-alkyl or cyclic N) is 1. The first-order chi connectivity index (χ1) is 6.73. The Morgan fingerprint density at radius 3 is 2.53 bits per heavy atom. The van der Waals surface area contributed by atoms with Crippen LogP contribution in [-0.2, 0) is 0 Å². The Labute approximate surface area is 98.4 Å². The summed E-state index contributed by atoms with van der Waals surface area (Å²) in [7, 11) is 0. The molecular formula is C12H25NOS. The summed E-state index contributed by atoms with van der Waals surface area (Å²) in [5.41, 5.74) is -0.557. The molecule has 3 heteroatoms. The van der Waals surface area contributed by atoms with Crippen molar-refractivity contribution in [3.05, 3.63) is 0 Å². The Morgan fingerprint density at radius 2 is 2.07 bits per heavy atom. The first-order valence-corrected chi connectivity index (χ1v) is 6.80. The van der Waals surface area contributed by atoms with E-state index >= 15 is 0 Å². The summed E-state index contributed by atoms with van der Waals surface area (Å²) in [5, 5.41) is 10.3. The molecule has 2 nitrogen and oxygen atoms in total. The Balaban J connectivity index is 2.52. The average molecular weight is 231 g/mol. The fourth-order valence-electron chi connectivity index (χ4n) is 1.88. The molecule has 0 radical (unpaired) electrons. The molecule has 1 N–H and O–H groups in total. The highest BCUT2D eigenvalue weighted by Gasteiger charge is 2.33. The molecule has 0 bridgehead atoms. The van der Waals surface area contributed by atoms with Gasteiger partial charge in [0.2, 0.25) is 0 Å². The fraction of sp³-hybridized carbons (Fsp3) is 1.00. The van der Waals surface area contributed by atoms with Crippen LogP contribution in [0.4, 0.5) is 0 Å². The first-order valence-electron chi connectivity index (χ1n) is 5.82. The van der Waals surface area contributed by atoms with Gasteiger partial charge in [0.15, 0.2) is 0 Å². The van der Waals surface area contributed by atoms with Crippen LogP contribution in [0, 0.1) is 5.92 Å². The van der Waals surface area contributed by atoms with Crippen LogP contribution >= 0.6 is 11.8 Å². The molecule has 1 saturated heterocycles. The fourth-order valence-corrected chi connectivity index (χ4v) is 3.06. The number of aliphatic hydroxyl groups is 1. The van der Waals surface area contributed by atoms with Crippen molar-refractivity contribution in [3.8, 4) is 0 Å². The van der Waals surface area contributed by atoms with Gasteiger partial charge in [-0.05, 0) is 26.7 Å². The Morgan fingerprint density at radius 1 is 1.47 bits per heavy atom. The van der Waals surface area contributed by atoms with Gasteiger partial charge in [0.1, 0.15) is 0 Å². The van der Waals surface area contributed by atoms with E-state index in [1.165, 1.54) is 5.75 Å². The normalized spacial score (nSPS) is 26.6. The van der Waals surface area contributed by atoms with Crippen molar-refractivity contribution in [1.82, 2.24) is 4.90 Å². The van der Waals surface area contributed by atoms with Gasteiger partial charge >= 0.3 is 0 Å². The summed E-state index contributed by atoms with van der Waals surface area (Å²) < 4.78 is 0.339. The Hall–Kier alpha value is 0.270. The van der Waals surface area contributed by atoms with E-state index in [4.69, 9.17) is 0 Å². The molecule has 0 spiro atoms. The minimum atomic E-state index is -0.557. The van der Waals surface area contributed by atoms with Gasteiger partial charge in [-0.2, -0.15) is 11.8 Å². The van der Waals surface area contributed by atoms with E-state index in [1.807, 2.05) is 18.7 Å². The zero-order chi connectivity index (χ0) is 11.7. The van der Waals surface area contributed by atoms with E-state index in [1.54, 1.807) is 0 Å². The number of rotatable bonds is 3. The van der Waals surface area contributed by atoms with Crippen LogP contribution in [0.1, 0.15) is 34.6 Å². The quantitative estimate of drug-likeness (QED) is 0.805. The number of nitrogens with zero attached hydrogens (tertiary/aromatic N) is 1. The lowest BCUT2D eigenvalue weighted by Crippen LogP contribution is -2.51. The smallest absolute Gasteiger partial charge is 0.0768 e. The van der Waals surface area contributed by atoms with Crippen LogP contribution < -0.4 is 0 Å². The molecule has 0 aromatic carbocycles. The van der Waals surface area contributed by atoms with Crippen LogP contribution in [-0.4, -0.2) is 45.7 Å². The molecule has 1 heterocycles. The topological polar surface area (TPSA) is 23.5 Å². The predicted molar refractivity (Wildman–Crippen MR) is 68.4 cm³/mol. The zero-order valence-electron chi connectivity index (χ0n) is 10.7. The van der Waals surface area contributed by atoms with Crippen LogP contribution in [0.25, 0.3) is 0 Å². The summed E-state index contributed by atoms with van der Waals surface area (Å²) in [4.78, 5) is 2.40. The van der Waals surface area contributed by atoms with Gasteiger partial charge in [0.25, 0.3) is 0 Å². The van der Waals surface area contributed by atoms with Crippen molar-refractivity contribution in [2.24, 2.45) is 5.92 Å². The zero-order valence-corrected chi connectivity index (χ0v) is 11.5. The van der Waals surface area contributed by atoms with E-state index in [-0.39, 0.29) is 0 Å². The lowest BCUT2D eigenvalue weighted by molar-refractivity contribution is -0.0195. The Kier molecular flexibility index (Phi) is 4.13. The molecule has 1 aliphatic heterocycles. The van der Waals surface area contributed by atoms with Gasteiger partial charge in [-0.3, -0.25) is 4.90 Å². The second kappa shape index (κ2) is 4.64. The molecule has 0 aliphatic carbocycles. The van der Waals surface area contributed by atoms with Gasteiger partial charge in [-0.25, -0.2) is 0 Å². The van der Waals surface area contributed by atoms with E-state index in [9.17, 15) is 5.11 Å². The van der Waals surface area contributed by atoms with Crippen LogP contribution in [0.15, 0.2) is 0 Å². The van der Waals surface area contributed by atoms with Crippen molar-refractivity contribution in [2.75, 3.05) is 25.4 Å². The third-order valence-electron chi connectivity index (χ3n) is 3.29. The SMILES string of the molecule is CC(C)C(C)(O)CN1CCSC(C)(C)C1. The minimum Gasteiger partial charge on any atom is -0.389 e. The van der Waals surface area contributed by atoms with E-state index in [0.717, 1.165) is 19.6 Å². The van der Waals surface area contributed by atoms with Gasteiger partial charge in [0.05, 0.1) is 5.60 Å². The highest BCUT2D eigenvalue weighted by Crippen LogP contribution is 2.30. The standard InChI is InChI=1S/C12H25NOS/c1-10(2)12(5,14)9-13-6-7-15-11(3,4)8-13/h10,14H,6-9H2,1-5H3. The van der Waals surface area contributed by atoms with Crippen molar-refractivity contribution in [3.63, 3.8) is 0 Å².